The molecule has 2 aliphatic heterocycles. The number of anilines is 1. The van der Waals surface area contributed by atoms with Crippen molar-refractivity contribution in [2.75, 3.05) is 31.2 Å². The van der Waals surface area contributed by atoms with Crippen molar-refractivity contribution in [2.45, 2.75) is 6.04 Å². The van der Waals surface area contributed by atoms with Crippen molar-refractivity contribution < 1.29 is 14.6 Å². The Morgan fingerprint density at radius 3 is 3.19 bits per heavy atom. The summed E-state index contributed by atoms with van der Waals surface area (Å²) in [4.78, 5) is 15.9. The minimum Gasteiger partial charge on any atom is -0.488 e. The second-order valence-electron chi connectivity index (χ2n) is 5.02. The highest BCUT2D eigenvalue weighted by Crippen LogP contribution is 2.50. The lowest BCUT2D eigenvalue weighted by Crippen LogP contribution is -2.46. The molecule has 1 atom stereocenters. The van der Waals surface area contributed by atoms with E-state index >= 15 is 0 Å². The number of nitrogens with one attached hydrogen (secondary N) is 2. The van der Waals surface area contributed by atoms with Crippen molar-refractivity contribution in [3.05, 3.63) is 17.3 Å². The largest absolute Gasteiger partial charge is 0.488 e. The van der Waals surface area contributed by atoms with Crippen molar-refractivity contribution >= 4 is 22.9 Å². The first-order chi connectivity index (χ1) is 10.3. The molecule has 4 rings (SSSR count). The molecule has 0 aliphatic carbocycles. The lowest BCUT2D eigenvalue weighted by molar-refractivity contribution is 0.0961. The molecule has 21 heavy (non-hydrogen) atoms. The lowest BCUT2D eigenvalue weighted by Gasteiger charge is -2.36. The van der Waals surface area contributed by atoms with E-state index in [2.05, 4.69) is 20.4 Å². The van der Waals surface area contributed by atoms with Crippen LogP contribution in [0.25, 0.3) is 10.4 Å². The SMILES string of the molecule is O=C1NCCN2c3c1sc(-c1cn[nH]c1)c3OC[C@@H]2CO. The van der Waals surface area contributed by atoms with Crippen LogP contribution in [0.1, 0.15) is 9.67 Å². The second-order valence-corrected chi connectivity index (χ2v) is 6.04. The maximum atomic E-state index is 12.3. The smallest absolute Gasteiger partial charge is 0.263 e. The van der Waals surface area contributed by atoms with Gasteiger partial charge < -0.3 is 20.1 Å². The summed E-state index contributed by atoms with van der Waals surface area (Å²) < 4.78 is 5.86. The molecule has 2 aromatic heterocycles. The van der Waals surface area contributed by atoms with Crippen LogP contribution in [0, 0.1) is 0 Å². The van der Waals surface area contributed by atoms with Gasteiger partial charge in [-0.2, -0.15) is 5.10 Å². The number of nitrogens with zero attached hydrogens (tertiary/aromatic N) is 2. The molecule has 0 unspecified atom stereocenters. The van der Waals surface area contributed by atoms with E-state index in [-0.39, 0.29) is 18.6 Å². The van der Waals surface area contributed by atoms with Crippen molar-refractivity contribution in [2.24, 2.45) is 0 Å². The Bertz CT molecular complexity index is 682. The third-order valence-electron chi connectivity index (χ3n) is 3.80. The van der Waals surface area contributed by atoms with Crippen LogP contribution in [-0.2, 0) is 0 Å². The number of rotatable bonds is 2. The summed E-state index contributed by atoms with van der Waals surface area (Å²) in [5.74, 6) is 0.633. The van der Waals surface area contributed by atoms with Crippen molar-refractivity contribution in [3.8, 4) is 16.2 Å². The number of carbonyl (C=O) groups is 1. The average molecular weight is 306 g/mol. The Kier molecular flexibility index (Phi) is 2.86. The molecule has 110 valence electrons. The number of amides is 1. The van der Waals surface area contributed by atoms with E-state index in [1.807, 2.05) is 0 Å². The summed E-state index contributed by atoms with van der Waals surface area (Å²) in [6.45, 7) is 1.65. The highest BCUT2D eigenvalue weighted by Gasteiger charge is 2.37. The van der Waals surface area contributed by atoms with Crippen molar-refractivity contribution in [3.63, 3.8) is 0 Å². The molecule has 4 heterocycles. The van der Waals surface area contributed by atoms with Gasteiger partial charge in [0.05, 0.1) is 23.7 Å². The molecule has 0 radical (unpaired) electrons. The molecule has 0 aromatic carbocycles. The van der Waals surface area contributed by atoms with Gasteiger partial charge in [0.15, 0.2) is 5.75 Å². The van der Waals surface area contributed by atoms with Crippen LogP contribution in [0.4, 0.5) is 5.69 Å². The fraction of sp³-hybridized carbons (Fsp3) is 0.385. The van der Waals surface area contributed by atoms with Gasteiger partial charge in [-0.05, 0) is 0 Å². The minimum absolute atomic E-state index is 0.00393. The van der Waals surface area contributed by atoms with Gasteiger partial charge in [-0.3, -0.25) is 9.89 Å². The van der Waals surface area contributed by atoms with Crippen LogP contribution in [0.2, 0.25) is 0 Å². The number of hydrogen-bond acceptors (Lipinski definition) is 6. The fourth-order valence-electron chi connectivity index (χ4n) is 2.79. The molecule has 0 fully saturated rings. The summed E-state index contributed by atoms with van der Waals surface area (Å²) in [6, 6.07) is -0.115. The first-order valence-electron chi connectivity index (χ1n) is 6.74. The zero-order valence-electron chi connectivity index (χ0n) is 11.1. The van der Waals surface area contributed by atoms with Crippen LogP contribution < -0.4 is 15.0 Å². The van der Waals surface area contributed by atoms with Gasteiger partial charge in [0.1, 0.15) is 17.2 Å². The third-order valence-corrected chi connectivity index (χ3v) is 5.01. The maximum Gasteiger partial charge on any atom is 0.263 e. The van der Waals surface area contributed by atoms with Gasteiger partial charge >= 0.3 is 0 Å². The number of aliphatic hydroxyl groups excluding tert-OH is 1. The Morgan fingerprint density at radius 2 is 2.43 bits per heavy atom. The van der Waals surface area contributed by atoms with Gasteiger partial charge in [0.2, 0.25) is 0 Å². The second kappa shape index (κ2) is 4.74. The first-order valence-corrected chi connectivity index (χ1v) is 7.55. The molecular weight excluding hydrogens is 292 g/mol. The Morgan fingerprint density at radius 1 is 1.52 bits per heavy atom. The number of aromatic amines is 1. The third kappa shape index (κ3) is 1.83. The number of thiophene rings is 1. The average Bonchev–Trinajstić information content (AvgIpc) is 3.10. The van der Waals surface area contributed by atoms with E-state index in [9.17, 15) is 9.90 Å². The molecule has 2 aliphatic rings. The topological polar surface area (TPSA) is 90.5 Å². The standard InChI is InChI=1S/C13H14N4O3S/c18-5-8-6-20-10-9-12(13(19)14-1-2-17(8)9)21-11(10)7-3-15-16-4-7/h3-4,8,18H,1-2,5-6H2,(H,14,19)(H,15,16)/t8-/m0/s1. The highest BCUT2D eigenvalue weighted by molar-refractivity contribution is 7.18. The quantitative estimate of drug-likeness (QED) is 0.749. The monoisotopic (exact) mass is 306 g/mol. The van der Waals surface area contributed by atoms with E-state index in [0.29, 0.717) is 24.6 Å². The number of carbonyl (C=O) groups excluding carboxylic acids is 1. The number of aliphatic hydroxyl groups is 1. The first kappa shape index (κ1) is 12.7. The molecule has 2 aromatic rings. The normalized spacial score (nSPS) is 20.5. The highest BCUT2D eigenvalue weighted by atomic mass is 32.1. The zero-order valence-corrected chi connectivity index (χ0v) is 11.9. The summed E-state index contributed by atoms with van der Waals surface area (Å²) in [6.07, 6.45) is 3.50. The minimum atomic E-state index is -0.115. The van der Waals surface area contributed by atoms with Crippen molar-refractivity contribution in [1.29, 1.82) is 0 Å². The van der Waals surface area contributed by atoms with Crippen molar-refractivity contribution in [1.82, 2.24) is 15.5 Å². The molecule has 0 bridgehead atoms. The molecule has 8 heteroatoms. The number of hydrogen-bond donors (Lipinski definition) is 3. The molecule has 0 saturated carbocycles. The van der Waals surface area contributed by atoms with E-state index in [4.69, 9.17) is 4.74 Å². The van der Waals surface area contributed by atoms with E-state index in [0.717, 1.165) is 21.9 Å². The summed E-state index contributed by atoms with van der Waals surface area (Å²) in [5, 5.41) is 19.2. The van der Waals surface area contributed by atoms with E-state index in [1.54, 1.807) is 12.4 Å². The Hall–Kier alpha value is -2.06. The van der Waals surface area contributed by atoms with E-state index in [1.165, 1.54) is 11.3 Å². The molecule has 0 saturated heterocycles. The summed E-state index contributed by atoms with van der Waals surface area (Å²) in [7, 11) is 0. The van der Waals surface area contributed by atoms with Gasteiger partial charge in [0, 0.05) is 24.8 Å². The lowest BCUT2D eigenvalue weighted by atomic mass is 10.1. The van der Waals surface area contributed by atoms with Gasteiger partial charge in [0.25, 0.3) is 5.91 Å². The Labute approximate surface area is 124 Å². The maximum absolute atomic E-state index is 12.3. The predicted molar refractivity (Wildman–Crippen MR) is 77.9 cm³/mol. The Balaban J connectivity index is 1.92. The molecule has 3 N–H and O–H groups in total. The fourth-order valence-corrected chi connectivity index (χ4v) is 3.94. The number of H-pyrrole nitrogens is 1. The molecule has 0 spiro atoms. The van der Waals surface area contributed by atoms with Gasteiger partial charge in [-0.1, -0.05) is 0 Å². The zero-order chi connectivity index (χ0) is 14.4. The van der Waals surface area contributed by atoms with Crippen LogP contribution in [0.15, 0.2) is 12.4 Å². The van der Waals surface area contributed by atoms with Gasteiger partial charge in [-0.25, -0.2) is 0 Å². The van der Waals surface area contributed by atoms with E-state index < -0.39 is 0 Å². The van der Waals surface area contributed by atoms with Gasteiger partial charge in [-0.15, -0.1) is 11.3 Å². The van der Waals surface area contributed by atoms with Crippen LogP contribution in [0.5, 0.6) is 5.75 Å². The molecule has 1 amide bonds. The molecular formula is C13H14N4O3S. The number of aromatic nitrogens is 2. The predicted octanol–water partition coefficient (Wildman–Crippen LogP) is 0.441. The molecule has 7 nitrogen and oxygen atoms in total. The van der Waals surface area contributed by atoms with Crippen LogP contribution in [0.3, 0.4) is 0 Å². The van der Waals surface area contributed by atoms with Crippen LogP contribution >= 0.6 is 11.3 Å². The number of ether oxygens (including phenoxy) is 1. The van der Waals surface area contributed by atoms with Crippen LogP contribution in [-0.4, -0.2) is 53.6 Å². The summed E-state index contributed by atoms with van der Waals surface area (Å²) in [5.41, 5.74) is 1.70. The summed E-state index contributed by atoms with van der Waals surface area (Å²) >= 11 is 1.40.